The summed E-state index contributed by atoms with van der Waals surface area (Å²) >= 11 is 0. The number of carbonyl (C=O) groups excluding carboxylic acids is 1. The summed E-state index contributed by atoms with van der Waals surface area (Å²) in [4.78, 5) is 11.8. The first-order chi connectivity index (χ1) is 4.68. The molecule has 0 heterocycles. The summed E-state index contributed by atoms with van der Waals surface area (Å²) < 4.78 is 4.59. The maximum absolute atomic E-state index is 10.4. The van der Waals surface area contributed by atoms with Crippen LogP contribution in [0.2, 0.25) is 0 Å². The molecule has 0 radical (unpaired) electrons. The van der Waals surface area contributed by atoms with Gasteiger partial charge in [0.05, 0.1) is 6.61 Å². The van der Waals surface area contributed by atoms with E-state index in [1.165, 1.54) is 11.9 Å². The Morgan fingerprint density at radius 1 is 1.45 bits per heavy atom. The Hall–Kier alpha value is -0.480. The molecule has 0 saturated heterocycles. The molecule has 0 saturated carbocycles. The van der Waals surface area contributed by atoms with Crippen molar-refractivity contribution in [1.82, 2.24) is 4.90 Å². The van der Waals surface area contributed by atoms with E-state index >= 15 is 0 Å². The van der Waals surface area contributed by atoms with Crippen molar-refractivity contribution in [3.63, 3.8) is 0 Å². The molecule has 0 aromatic rings. The van der Waals surface area contributed by atoms with Gasteiger partial charge in [-0.05, 0) is 14.0 Å². The van der Waals surface area contributed by atoms with Gasteiger partial charge in [-0.25, -0.2) is 4.79 Å². The van der Waals surface area contributed by atoms with Gasteiger partial charge < -0.3 is 15.4 Å². The number of hydrogen-bond acceptors (Lipinski definition) is 3. The van der Waals surface area contributed by atoms with Gasteiger partial charge in [-0.3, -0.25) is 0 Å². The molecule has 0 fully saturated rings. The Balaban J connectivity index is -0.000000196. The van der Waals surface area contributed by atoms with Crippen molar-refractivity contribution in [3.8, 4) is 0 Å². The molecule has 0 spiro atoms. The third-order valence-electron chi connectivity index (χ3n) is 0.633. The lowest BCUT2D eigenvalue weighted by molar-refractivity contribution is 0.124. The maximum Gasteiger partial charge on any atom is 0.409 e. The van der Waals surface area contributed by atoms with Crippen LogP contribution in [0, 0.1) is 0 Å². The van der Waals surface area contributed by atoms with E-state index in [-0.39, 0.29) is 18.5 Å². The van der Waals surface area contributed by atoms with Gasteiger partial charge >= 0.3 is 6.09 Å². The Morgan fingerprint density at radius 2 is 1.82 bits per heavy atom. The highest BCUT2D eigenvalue weighted by atomic mass is 35.5. The van der Waals surface area contributed by atoms with Crippen LogP contribution in [-0.4, -0.2) is 38.7 Å². The standard InChI is InChI=1S/C5H11NO2.CH5N.ClH/c1-4-8-5(7)6(2)3;1-2;/h4H2,1-3H3;2H2,1H3;1H. The number of rotatable bonds is 1. The lowest BCUT2D eigenvalue weighted by Gasteiger charge is -2.07. The number of nitrogens with two attached hydrogens (primary N) is 1. The summed E-state index contributed by atoms with van der Waals surface area (Å²) in [6, 6.07) is 0. The first kappa shape index (κ1) is 16.9. The van der Waals surface area contributed by atoms with Gasteiger partial charge in [0.15, 0.2) is 0 Å². The van der Waals surface area contributed by atoms with E-state index in [0.29, 0.717) is 6.61 Å². The molecule has 0 unspecified atom stereocenters. The average molecular weight is 185 g/mol. The van der Waals surface area contributed by atoms with Crippen LogP contribution in [0.4, 0.5) is 4.79 Å². The zero-order valence-electron chi connectivity index (χ0n) is 7.46. The predicted octanol–water partition coefficient (Wildman–Crippen LogP) is 0.701. The van der Waals surface area contributed by atoms with Crippen LogP contribution in [0.5, 0.6) is 0 Å². The molecule has 11 heavy (non-hydrogen) atoms. The highest BCUT2D eigenvalue weighted by molar-refractivity contribution is 5.85. The molecule has 5 heteroatoms. The lowest BCUT2D eigenvalue weighted by atomic mass is 10.8. The second-order valence-electron chi connectivity index (χ2n) is 1.59. The summed E-state index contributed by atoms with van der Waals surface area (Å²) in [6.45, 7) is 2.22. The number of hydrogen-bond donors (Lipinski definition) is 1. The van der Waals surface area contributed by atoms with E-state index in [2.05, 4.69) is 10.5 Å². The second kappa shape index (κ2) is 12.2. The summed E-state index contributed by atoms with van der Waals surface area (Å²) in [6.07, 6.45) is -0.285. The molecule has 0 aliphatic carbocycles. The Morgan fingerprint density at radius 3 is 1.91 bits per heavy atom. The topological polar surface area (TPSA) is 55.6 Å². The first-order valence-electron chi connectivity index (χ1n) is 3.10. The molecule has 0 aromatic carbocycles. The number of carbonyl (C=O) groups is 1. The van der Waals surface area contributed by atoms with Crippen LogP contribution in [0.1, 0.15) is 6.92 Å². The SMILES string of the molecule is CCOC(=O)N(C)C.CN.Cl. The lowest BCUT2D eigenvalue weighted by Crippen LogP contribution is -2.22. The molecule has 0 rings (SSSR count). The Labute approximate surface area is 74.1 Å². The minimum Gasteiger partial charge on any atom is -0.450 e. The minimum absolute atomic E-state index is 0. The number of amides is 1. The van der Waals surface area contributed by atoms with Crippen LogP contribution in [0.25, 0.3) is 0 Å². The number of halogens is 1. The van der Waals surface area contributed by atoms with Crippen molar-refractivity contribution in [2.75, 3.05) is 27.7 Å². The monoisotopic (exact) mass is 184 g/mol. The molecular weight excluding hydrogens is 168 g/mol. The van der Waals surface area contributed by atoms with Crippen LogP contribution in [-0.2, 0) is 4.74 Å². The third kappa shape index (κ3) is 12.7. The van der Waals surface area contributed by atoms with Crippen LogP contribution >= 0.6 is 12.4 Å². The summed E-state index contributed by atoms with van der Waals surface area (Å²) in [5.41, 5.74) is 4.50. The summed E-state index contributed by atoms with van der Waals surface area (Å²) in [7, 11) is 4.80. The fraction of sp³-hybridized carbons (Fsp3) is 0.833. The van der Waals surface area contributed by atoms with Crippen molar-refractivity contribution in [2.45, 2.75) is 6.92 Å². The highest BCUT2D eigenvalue weighted by Gasteiger charge is 1.99. The molecule has 1 amide bonds. The van der Waals surface area contributed by atoms with E-state index < -0.39 is 0 Å². The zero-order chi connectivity index (χ0) is 8.57. The predicted molar refractivity (Wildman–Crippen MR) is 48.1 cm³/mol. The van der Waals surface area contributed by atoms with Gasteiger partial charge in [-0.2, -0.15) is 0 Å². The van der Waals surface area contributed by atoms with Gasteiger partial charge in [0.1, 0.15) is 0 Å². The smallest absolute Gasteiger partial charge is 0.409 e. The van der Waals surface area contributed by atoms with Crippen molar-refractivity contribution in [1.29, 1.82) is 0 Å². The van der Waals surface area contributed by atoms with E-state index in [0.717, 1.165) is 0 Å². The molecule has 2 N–H and O–H groups in total. The summed E-state index contributed by atoms with van der Waals surface area (Å²) in [5, 5.41) is 0. The molecule has 4 nitrogen and oxygen atoms in total. The van der Waals surface area contributed by atoms with Gasteiger partial charge in [0.25, 0.3) is 0 Å². The van der Waals surface area contributed by atoms with Crippen molar-refractivity contribution in [2.24, 2.45) is 5.73 Å². The van der Waals surface area contributed by atoms with Gasteiger partial charge in [0, 0.05) is 14.1 Å². The minimum atomic E-state index is -0.285. The molecule has 70 valence electrons. The Bertz CT molecular complexity index is 88.7. The van der Waals surface area contributed by atoms with Gasteiger partial charge in [-0.1, -0.05) is 0 Å². The van der Waals surface area contributed by atoms with Crippen LogP contribution in [0.15, 0.2) is 0 Å². The van der Waals surface area contributed by atoms with Crippen molar-refractivity contribution >= 4 is 18.5 Å². The van der Waals surface area contributed by atoms with Gasteiger partial charge in [0.2, 0.25) is 0 Å². The zero-order valence-corrected chi connectivity index (χ0v) is 8.27. The van der Waals surface area contributed by atoms with Crippen molar-refractivity contribution < 1.29 is 9.53 Å². The fourth-order valence-corrected chi connectivity index (χ4v) is 0.253. The number of ether oxygens (including phenoxy) is 1. The molecule has 0 bridgehead atoms. The third-order valence-corrected chi connectivity index (χ3v) is 0.633. The number of nitrogens with zero attached hydrogens (tertiary/aromatic N) is 1. The first-order valence-corrected chi connectivity index (χ1v) is 3.10. The van der Waals surface area contributed by atoms with Crippen LogP contribution < -0.4 is 5.73 Å². The molecule has 0 atom stereocenters. The molecule has 0 aliphatic heterocycles. The Kier molecular flexibility index (Phi) is 18.7. The quantitative estimate of drug-likeness (QED) is 0.653. The fourth-order valence-electron chi connectivity index (χ4n) is 0.253. The van der Waals surface area contributed by atoms with E-state index in [1.54, 1.807) is 21.0 Å². The normalized spacial score (nSPS) is 6.64. The maximum atomic E-state index is 10.4. The second-order valence-corrected chi connectivity index (χ2v) is 1.59. The van der Waals surface area contributed by atoms with E-state index in [4.69, 9.17) is 0 Å². The largest absolute Gasteiger partial charge is 0.450 e. The van der Waals surface area contributed by atoms with E-state index in [9.17, 15) is 4.79 Å². The van der Waals surface area contributed by atoms with E-state index in [1.807, 2.05) is 0 Å². The van der Waals surface area contributed by atoms with Crippen molar-refractivity contribution in [3.05, 3.63) is 0 Å². The summed E-state index contributed by atoms with van der Waals surface area (Å²) in [5.74, 6) is 0. The average Bonchev–Trinajstić information content (AvgIpc) is 1.93. The molecular formula is C6H17ClN2O2. The van der Waals surface area contributed by atoms with Gasteiger partial charge in [-0.15, -0.1) is 12.4 Å². The van der Waals surface area contributed by atoms with Crippen LogP contribution in [0.3, 0.4) is 0 Å². The molecule has 0 aliphatic rings. The highest BCUT2D eigenvalue weighted by Crippen LogP contribution is 1.82. The molecule has 0 aromatic heterocycles.